The molecule has 1 N–H and O–H groups in total. The van der Waals surface area contributed by atoms with Crippen LogP contribution < -0.4 is 0 Å². The number of benzene rings is 1. The van der Waals surface area contributed by atoms with Crippen molar-refractivity contribution in [2.45, 2.75) is 69.4 Å². The third kappa shape index (κ3) is 3.52. The van der Waals surface area contributed by atoms with Gasteiger partial charge in [0.2, 0.25) is 5.91 Å². The van der Waals surface area contributed by atoms with Crippen molar-refractivity contribution >= 4 is 5.91 Å². The van der Waals surface area contributed by atoms with E-state index in [1.165, 1.54) is 18.4 Å². The van der Waals surface area contributed by atoms with Crippen molar-refractivity contribution in [2.75, 3.05) is 6.54 Å². The lowest BCUT2D eigenvalue weighted by Gasteiger charge is -2.33. The van der Waals surface area contributed by atoms with Crippen LogP contribution in [-0.4, -0.2) is 28.1 Å². The van der Waals surface area contributed by atoms with Crippen LogP contribution in [0.1, 0.15) is 69.4 Å². The molecule has 2 fully saturated rings. The van der Waals surface area contributed by atoms with Gasteiger partial charge in [-0.25, -0.2) is 0 Å². The molecule has 0 bridgehead atoms. The smallest absolute Gasteiger partial charge is 0.225 e. The van der Waals surface area contributed by atoms with E-state index < -0.39 is 5.60 Å². The average Bonchev–Trinajstić information content (AvgIpc) is 2.81. The minimum atomic E-state index is -0.745. The third-order valence-corrected chi connectivity index (χ3v) is 5.27. The SMILES string of the molecule is O=C(CC1(O)CCCC1)N1CCCCCC1c1ccccc1. The Morgan fingerprint density at radius 2 is 1.82 bits per heavy atom. The fourth-order valence-corrected chi connectivity index (χ4v) is 4.02. The van der Waals surface area contributed by atoms with Gasteiger partial charge in [0.25, 0.3) is 0 Å². The van der Waals surface area contributed by atoms with Crippen LogP contribution in [-0.2, 0) is 4.79 Å². The van der Waals surface area contributed by atoms with Gasteiger partial charge in [-0.2, -0.15) is 0 Å². The zero-order valence-corrected chi connectivity index (χ0v) is 13.3. The molecule has 1 aliphatic carbocycles. The van der Waals surface area contributed by atoms with Gasteiger partial charge >= 0.3 is 0 Å². The number of aliphatic hydroxyl groups is 1. The number of carbonyl (C=O) groups is 1. The van der Waals surface area contributed by atoms with Gasteiger partial charge in [0.1, 0.15) is 0 Å². The first kappa shape index (κ1) is 15.5. The van der Waals surface area contributed by atoms with Gasteiger partial charge in [0, 0.05) is 6.54 Å². The maximum atomic E-state index is 12.9. The highest BCUT2D eigenvalue weighted by atomic mass is 16.3. The molecule has 1 unspecified atom stereocenters. The molecule has 2 aliphatic rings. The first-order chi connectivity index (χ1) is 10.7. The molecule has 0 radical (unpaired) electrons. The van der Waals surface area contributed by atoms with Crippen molar-refractivity contribution in [1.82, 2.24) is 4.90 Å². The number of likely N-dealkylation sites (tertiary alicyclic amines) is 1. The zero-order chi connectivity index (χ0) is 15.4. The average molecular weight is 301 g/mol. The lowest BCUT2D eigenvalue weighted by Crippen LogP contribution is -2.40. The first-order valence-electron chi connectivity index (χ1n) is 8.75. The Hall–Kier alpha value is -1.35. The fraction of sp³-hybridized carbons (Fsp3) is 0.632. The molecule has 120 valence electrons. The number of hydrogen-bond acceptors (Lipinski definition) is 2. The predicted molar refractivity (Wildman–Crippen MR) is 87.4 cm³/mol. The molecule has 3 heteroatoms. The monoisotopic (exact) mass is 301 g/mol. The number of carbonyl (C=O) groups excluding carboxylic acids is 1. The third-order valence-electron chi connectivity index (χ3n) is 5.27. The quantitative estimate of drug-likeness (QED) is 0.922. The van der Waals surface area contributed by atoms with Crippen LogP contribution in [0.3, 0.4) is 0 Å². The topological polar surface area (TPSA) is 40.5 Å². The van der Waals surface area contributed by atoms with Crippen LogP contribution >= 0.6 is 0 Å². The van der Waals surface area contributed by atoms with E-state index in [0.717, 1.165) is 45.1 Å². The van der Waals surface area contributed by atoms with Gasteiger partial charge in [-0.15, -0.1) is 0 Å². The summed E-state index contributed by atoms with van der Waals surface area (Å²) in [6.07, 6.45) is 8.44. The second kappa shape index (κ2) is 6.82. The van der Waals surface area contributed by atoms with Crippen LogP contribution in [0.25, 0.3) is 0 Å². The maximum Gasteiger partial charge on any atom is 0.225 e. The van der Waals surface area contributed by atoms with Gasteiger partial charge in [-0.05, 0) is 31.2 Å². The molecule has 1 aromatic carbocycles. The molecule has 0 spiro atoms. The van der Waals surface area contributed by atoms with Gasteiger partial charge in [0.05, 0.1) is 18.1 Å². The van der Waals surface area contributed by atoms with E-state index in [4.69, 9.17) is 0 Å². The molecule has 1 amide bonds. The van der Waals surface area contributed by atoms with Crippen molar-refractivity contribution in [2.24, 2.45) is 0 Å². The number of rotatable bonds is 3. The summed E-state index contributed by atoms with van der Waals surface area (Å²) < 4.78 is 0. The van der Waals surface area contributed by atoms with Crippen molar-refractivity contribution in [3.63, 3.8) is 0 Å². The molecular formula is C19H27NO2. The van der Waals surface area contributed by atoms with Gasteiger partial charge in [-0.1, -0.05) is 56.0 Å². The summed E-state index contributed by atoms with van der Waals surface area (Å²) >= 11 is 0. The first-order valence-corrected chi connectivity index (χ1v) is 8.75. The molecule has 22 heavy (non-hydrogen) atoms. The lowest BCUT2D eigenvalue weighted by atomic mass is 9.95. The summed E-state index contributed by atoms with van der Waals surface area (Å²) in [5, 5.41) is 10.6. The van der Waals surface area contributed by atoms with E-state index in [0.29, 0.717) is 6.42 Å². The van der Waals surface area contributed by atoms with Crippen molar-refractivity contribution in [3.8, 4) is 0 Å². The van der Waals surface area contributed by atoms with Crippen molar-refractivity contribution < 1.29 is 9.90 Å². The molecule has 1 saturated heterocycles. The molecule has 1 saturated carbocycles. The second-order valence-electron chi connectivity index (χ2n) is 6.97. The highest BCUT2D eigenvalue weighted by Gasteiger charge is 2.36. The number of nitrogens with zero attached hydrogens (tertiary/aromatic N) is 1. The second-order valence-corrected chi connectivity index (χ2v) is 6.97. The van der Waals surface area contributed by atoms with Gasteiger partial charge < -0.3 is 10.0 Å². The van der Waals surface area contributed by atoms with Crippen molar-refractivity contribution in [1.29, 1.82) is 0 Å². The van der Waals surface area contributed by atoms with Crippen LogP contribution in [0.15, 0.2) is 30.3 Å². The Labute approximate surface area is 133 Å². The number of amides is 1. The number of hydrogen-bond donors (Lipinski definition) is 1. The normalized spacial score (nSPS) is 25.0. The summed E-state index contributed by atoms with van der Waals surface area (Å²) in [5.41, 5.74) is 0.487. The Morgan fingerprint density at radius 1 is 1.09 bits per heavy atom. The molecule has 1 aliphatic heterocycles. The summed E-state index contributed by atoms with van der Waals surface area (Å²) in [6, 6.07) is 10.6. The standard InChI is InChI=1S/C19H27NO2/c21-18(15-19(22)12-6-7-13-19)20-14-8-2-5-11-17(20)16-9-3-1-4-10-16/h1,3-4,9-10,17,22H,2,5-8,11-15H2. The van der Waals surface area contributed by atoms with Gasteiger partial charge in [-0.3, -0.25) is 4.79 Å². The van der Waals surface area contributed by atoms with E-state index in [1.807, 2.05) is 23.1 Å². The van der Waals surface area contributed by atoms with Crippen LogP contribution in [0.5, 0.6) is 0 Å². The Kier molecular flexibility index (Phi) is 4.82. The van der Waals surface area contributed by atoms with Crippen molar-refractivity contribution in [3.05, 3.63) is 35.9 Å². The zero-order valence-electron chi connectivity index (χ0n) is 13.3. The van der Waals surface area contributed by atoms with Crippen LogP contribution in [0.4, 0.5) is 0 Å². The largest absolute Gasteiger partial charge is 0.389 e. The predicted octanol–water partition coefficient (Wildman–Crippen LogP) is 3.83. The van der Waals surface area contributed by atoms with Crippen LogP contribution in [0, 0.1) is 0 Å². The minimum Gasteiger partial charge on any atom is -0.389 e. The van der Waals surface area contributed by atoms with E-state index >= 15 is 0 Å². The van der Waals surface area contributed by atoms with Crippen LogP contribution in [0.2, 0.25) is 0 Å². The molecule has 1 aromatic rings. The van der Waals surface area contributed by atoms with E-state index in [9.17, 15) is 9.90 Å². The highest BCUT2D eigenvalue weighted by Crippen LogP contribution is 2.36. The Balaban J connectivity index is 1.76. The molecular weight excluding hydrogens is 274 g/mol. The molecule has 3 rings (SSSR count). The lowest BCUT2D eigenvalue weighted by molar-refractivity contribution is -0.138. The highest BCUT2D eigenvalue weighted by molar-refractivity contribution is 5.78. The van der Waals surface area contributed by atoms with E-state index in [2.05, 4.69) is 12.1 Å². The molecule has 1 atom stereocenters. The summed E-state index contributed by atoms with van der Waals surface area (Å²) in [4.78, 5) is 14.9. The molecule has 0 aromatic heterocycles. The Bertz CT molecular complexity index is 493. The molecule has 1 heterocycles. The maximum absolute atomic E-state index is 12.9. The van der Waals surface area contributed by atoms with E-state index in [-0.39, 0.29) is 11.9 Å². The fourth-order valence-electron chi connectivity index (χ4n) is 4.02. The summed E-state index contributed by atoms with van der Waals surface area (Å²) in [6.45, 7) is 0.828. The summed E-state index contributed by atoms with van der Waals surface area (Å²) in [7, 11) is 0. The van der Waals surface area contributed by atoms with Gasteiger partial charge in [0.15, 0.2) is 0 Å². The summed E-state index contributed by atoms with van der Waals surface area (Å²) in [5.74, 6) is 0.139. The Morgan fingerprint density at radius 3 is 2.55 bits per heavy atom. The van der Waals surface area contributed by atoms with E-state index in [1.54, 1.807) is 0 Å². The molecule has 3 nitrogen and oxygen atoms in total. The minimum absolute atomic E-state index is 0.139.